The summed E-state index contributed by atoms with van der Waals surface area (Å²) in [5.41, 5.74) is 1.06. The number of azo groups is 1. The van der Waals surface area contributed by atoms with Crippen LogP contribution in [0.2, 0.25) is 0 Å². The minimum Gasteiger partial charge on any atom is -0.312 e. The first-order chi connectivity index (χ1) is 8.42. The summed E-state index contributed by atoms with van der Waals surface area (Å²) in [6, 6.07) is 0.471. The Morgan fingerprint density at radius 2 is 1.94 bits per heavy atom. The molecule has 1 atom stereocenters. The van der Waals surface area contributed by atoms with Crippen LogP contribution < -0.4 is 10.3 Å². The van der Waals surface area contributed by atoms with Gasteiger partial charge in [0.15, 0.2) is 11.3 Å². The molecular formula is C14H27N4+. The fraction of sp³-hybridized carbons (Fsp3) is 0.929. The molecule has 0 saturated carbocycles. The molecule has 18 heavy (non-hydrogen) atoms. The van der Waals surface area contributed by atoms with Gasteiger partial charge in [-0.05, 0) is 47.1 Å². The third-order valence-electron chi connectivity index (χ3n) is 4.15. The molecule has 0 aliphatic carbocycles. The number of nitrogens with one attached hydrogen (secondary N) is 2. The van der Waals surface area contributed by atoms with Gasteiger partial charge in [-0.25, -0.2) is 4.99 Å². The summed E-state index contributed by atoms with van der Waals surface area (Å²) >= 11 is 0. The second-order valence-electron chi connectivity index (χ2n) is 6.57. The average molecular weight is 251 g/mol. The van der Waals surface area contributed by atoms with E-state index < -0.39 is 0 Å². The summed E-state index contributed by atoms with van der Waals surface area (Å²) in [5.74, 6) is 0. The Hall–Kier alpha value is -0.770. The molecule has 1 saturated heterocycles. The minimum atomic E-state index is -0.174. The lowest BCUT2D eigenvalue weighted by Crippen LogP contribution is -2.72. The molecule has 0 spiro atoms. The number of rotatable bonds is 4. The highest BCUT2D eigenvalue weighted by atomic mass is 15.2. The van der Waals surface area contributed by atoms with Crippen molar-refractivity contribution in [2.45, 2.75) is 70.5 Å². The molecule has 0 aromatic rings. The van der Waals surface area contributed by atoms with Gasteiger partial charge in [0.1, 0.15) is 6.54 Å². The van der Waals surface area contributed by atoms with Crippen LogP contribution in [-0.4, -0.2) is 35.9 Å². The zero-order valence-electron chi connectivity index (χ0n) is 12.2. The first-order valence-corrected chi connectivity index (χ1v) is 7.19. The fourth-order valence-electron chi connectivity index (χ4n) is 2.79. The van der Waals surface area contributed by atoms with E-state index in [1.165, 1.54) is 25.0 Å². The van der Waals surface area contributed by atoms with Crippen molar-refractivity contribution in [2.24, 2.45) is 10.2 Å². The van der Waals surface area contributed by atoms with Gasteiger partial charge >= 0.3 is 0 Å². The van der Waals surface area contributed by atoms with Crippen LogP contribution >= 0.6 is 0 Å². The van der Waals surface area contributed by atoms with Crippen molar-refractivity contribution in [1.29, 1.82) is 0 Å². The third-order valence-corrected chi connectivity index (χ3v) is 4.15. The van der Waals surface area contributed by atoms with Crippen LogP contribution in [0.4, 0.5) is 0 Å². The van der Waals surface area contributed by atoms with Crippen LogP contribution in [0.5, 0.6) is 0 Å². The van der Waals surface area contributed by atoms with E-state index in [9.17, 15) is 0 Å². The second-order valence-corrected chi connectivity index (χ2v) is 6.57. The molecule has 2 rings (SSSR count). The molecule has 0 radical (unpaired) electrons. The molecule has 1 unspecified atom stereocenters. The second kappa shape index (κ2) is 5.08. The SMILES string of the molecule is CC(C)(N=NC(C)(C)C1CCCN1)C1=[NH+]CCC1. The normalized spacial score (nSPS) is 26.0. The number of nitrogens with zero attached hydrogens (tertiary/aromatic N) is 2. The Morgan fingerprint density at radius 3 is 2.50 bits per heavy atom. The molecule has 4 nitrogen and oxygen atoms in total. The van der Waals surface area contributed by atoms with E-state index in [1.807, 2.05) is 0 Å². The van der Waals surface area contributed by atoms with E-state index in [0.717, 1.165) is 19.5 Å². The molecule has 4 heteroatoms. The lowest BCUT2D eigenvalue weighted by Gasteiger charge is -2.27. The maximum absolute atomic E-state index is 4.66. The van der Waals surface area contributed by atoms with Gasteiger partial charge < -0.3 is 5.32 Å². The van der Waals surface area contributed by atoms with Crippen LogP contribution in [0.25, 0.3) is 0 Å². The average Bonchev–Trinajstić information content (AvgIpc) is 2.99. The van der Waals surface area contributed by atoms with Crippen LogP contribution in [-0.2, 0) is 0 Å². The smallest absolute Gasteiger partial charge is 0.180 e. The predicted octanol–water partition coefficient (Wildman–Crippen LogP) is 1.06. The van der Waals surface area contributed by atoms with E-state index in [1.54, 1.807) is 0 Å². The Morgan fingerprint density at radius 1 is 1.17 bits per heavy atom. The van der Waals surface area contributed by atoms with E-state index >= 15 is 0 Å². The summed E-state index contributed by atoms with van der Waals surface area (Å²) in [4.78, 5) is 3.45. The summed E-state index contributed by atoms with van der Waals surface area (Å²) in [5, 5.41) is 12.8. The van der Waals surface area contributed by atoms with Crippen LogP contribution in [0.3, 0.4) is 0 Å². The molecule has 0 bridgehead atoms. The zero-order valence-corrected chi connectivity index (χ0v) is 12.2. The standard InChI is InChI=1S/C14H26N4/c1-13(2,11-7-5-9-15-11)17-18-14(3,4)12-8-6-10-16-12/h11,15H,5-10H2,1-4H3/p+1. The molecule has 1 fully saturated rings. The van der Waals surface area contributed by atoms with Crippen molar-refractivity contribution in [3.05, 3.63) is 0 Å². The maximum Gasteiger partial charge on any atom is 0.180 e. The summed E-state index contributed by atoms with van der Waals surface area (Å²) < 4.78 is 0. The lowest BCUT2D eigenvalue weighted by molar-refractivity contribution is -0.449. The first kappa shape index (κ1) is 13.7. The molecule has 2 aliphatic heterocycles. The zero-order chi connectivity index (χ0) is 13.2. The van der Waals surface area contributed by atoms with Gasteiger partial charge in [-0.2, -0.15) is 10.2 Å². The van der Waals surface area contributed by atoms with Crippen molar-refractivity contribution >= 4 is 5.71 Å². The minimum absolute atomic E-state index is 0.104. The Bertz CT molecular complexity index is 349. The van der Waals surface area contributed by atoms with Crippen LogP contribution in [0.1, 0.15) is 53.4 Å². The topological polar surface area (TPSA) is 50.7 Å². The van der Waals surface area contributed by atoms with Gasteiger partial charge in [-0.3, -0.25) is 0 Å². The summed E-state index contributed by atoms with van der Waals surface area (Å²) in [6.07, 6.45) is 4.82. The monoisotopic (exact) mass is 251 g/mol. The predicted molar refractivity (Wildman–Crippen MR) is 74.1 cm³/mol. The van der Waals surface area contributed by atoms with Gasteiger partial charge in [0, 0.05) is 18.9 Å². The molecule has 0 aromatic heterocycles. The molecule has 2 aliphatic rings. The maximum atomic E-state index is 4.66. The largest absolute Gasteiger partial charge is 0.312 e. The van der Waals surface area contributed by atoms with Crippen LogP contribution in [0.15, 0.2) is 10.2 Å². The third kappa shape index (κ3) is 2.97. The van der Waals surface area contributed by atoms with Crippen LogP contribution in [0, 0.1) is 0 Å². The highest BCUT2D eigenvalue weighted by Crippen LogP contribution is 2.25. The molecule has 0 aromatic carbocycles. The molecule has 2 heterocycles. The highest BCUT2D eigenvalue weighted by molar-refractivity contribution is 5.88. The van der Waals surface area contributed by atoms with Gasteiger partial charge in [0.2, 0.25) is 0 Å². The van der Waals surface area contributed by atoms with Gasteiger partial charge in [-0.15, -0.1) is 0 Å². The van der Waals surface area contributed by atoms with E-state index in [2.05, 4.69) is 48.2 Å². The van der Waals surface area contributed by atoms with Gasteiger partial charge in [0.05, 0.1) is 5.54 Å². The molecular weight excluding hydrogens is 224 g/mol. The van der Waals surface area contributed by atoms with Crippen molar-refractivity contribution in [3.8, 4) is 0 Å². The quantitative estimate of drug-likeness (QED) is 0.721. The first-order valence-electron chi connectivity index (χ1n) is 7.19. The number of hydrogen-bond acceptors (Lipinski definition) is 3. The fourth-order valence-corrected chi connectivity index (χ4v) is 2.79. The van der Waals surface area contributed by atoms with Gasteiger partial charge in [0.25, 0.3) is 0 Å². The van der Waals surface area contributed by atoms with Crippen molar-refractivity contribution < 1.29 is 4.99 Å². The van der Waals surface area contributed by atoms with E-state index in [-0.39, 0.29) is 11.1 Å². The molecule has 2 N–H and O–H groups in total. The Kier molecular flexibility index (Phi) is 3.85. The van der Waals surface area contributed by atoms with E-state index in [0.29, 0.717) is 6.04 Å². The molecule has 0 amide bonds. The van der Waals surface area contributed by atoms with Crippen molar-refractivity contribution in [3.63, 3.8) is 0 Å². The van der Waals surface area contributed by atoms with E-state index in [4.69, 9.17) is 0 Å². The molecule has 102 valence electrons. The Labute approximate surface area is 110 Å². The van der Waals surface area contributed by atoms with Crippen molar-refractivity contribution in [2.75, 3.05) is 13.1 Å². The number of hydrogen-bond donors (Lipinski definition) is 2. The summed E-state index contributed by atoms with van der Waals surface area (Å²) in [7, 11) is 0. The van der Waals surface area contributed by atoms with Crippen molar-refractivity contribution in [1.82, 2.24) is 5.32 Å². The Balaban J connectivity index is 2.04. The lowest BCUT2D eigenvalue weighted by atomic mass is 9.94. The highest BCUT2D eigenvalue weighted by Gasteiger charge is 2.35. The summed E-state index contributed by atoms with van der Waals surface area (Å²) in [6.45, 7) is 10.9. The van der Waals surface area contributed by atoms with Gasteiger partial charge in [-0.1, -0.05) is 0 Å².